The molecule has 0 bridgehead atoms. The van der Waals surface area contributed by atoms with Crippen LogP contribution in [0, 0.1) is 10.1 Å². The minimum atomic E-state index is -0.591. The minimum absolute atomic E-state index is 0.247. The van der Waals surface area contributed by atoms with E-state index in [1.54, 1.807) is 13.0 Å². The minimum Gasteiger partial charge on any atom is -0.462 e. The second kappa shape index (κ2) is 8.20. The first-order valence-electron chi connectivity index (χ1n) is 9.29. The molecular formula is C21H24N2O4. The van der Waals surface area contributed by atoms with Crippen molar-refractivity contribution in [3.63, 3.8) is 0 Å². The third-order valence-corrected chi connectivity index (χ3v) is 4.76. The van der Waals surface area contributed by atoms with Crippen LogP contribution < -0.4 is 4.90 Å². The van der Waals surface area contributed by atoms with Gasteiger partial charge in [-0.1, -0.05) is 25.1 Å². The number of anilines is 2. The molecular weight excluding hydrogens is 344 g/mol. The molecule has 3 rings (SSSR count). The van der Waals surface area contributed by atoms with E-state index in [1.165, 1.54) is 5.56 Å². The van der Waals surface area contributed by atoms with Crippen molar-refractivity contribution >= 4 is 17.3 Å². The van der Waals surface area contributed by atoms with Crippen LogP contribution in [0.5, 0.6) is 0 Å². The highest BCUT2D eigenvalue weighted by molar-refractivity contribution is 5.91. The van der Waals surface area contributed by atoms with Crippen molar-refractivity contribution in [1.29, 1.82) is 0 Å². The molecule has 27 heavy (non-hydrogen) atoms. The molecule has 0 N–H and O–H groups in total. The zero-order valence-corrected chi connectivity index (χ0v) is 15.7. The Morgan fingerprint density at radius 1 is 1.30 bits per heavy atom. The van der Waals surface area contributed by atoms with Gasteiger partial charge in [-0.15, -0.1) is 0 Å². The lowest BCUT2D eigenvalue weighted by molar-refractivity contribution is -0.517. The highest BCUT2D eigenvalue weighted by Crippen LogP contribution is 2.35. The Balaban J connectivity index is 1.79. The van der Waals surface area contributed by atoms with Gasteiger partial charge in [-0.2, -0.15) is 0 Å². The maximum atomic E-state index is 12.1. The van der Waals surface area contributed by atoms with Crippen LogP contribution in [0.15, 0.2) is 42.5 Å². The zero-order chi connectivity index (χ0) is 19.4. The monoisotopic (exact) mass is 368 g/mol. The van der Waals surface area contributed by atoms with E-state index in [0.717, 1.165) is 36.3 Å². The summed E-state index contributed by atoms with van der Waals surface area (Å²) in [5.41, 5.74) is 4.75. The van der Waals surface area contributed by atoms with Crippen LogP contribution in [-0.2, 0) is 17.6 Å². The molecule has 1 atom stereocenters. The van der Waals surface area contributed by atoms with Gasteiger partial charge in [0.2, 0.25) is 6.04 Å². The van der Waals surface area contributed by atoms with Crippen LogP contribution >= 0.6 is 0 Å². The molecule has 2 aromatic carbocycles. The quantitative estimate of drug-likeness (QED) is 0.417. The molecule has 0 radical (unpaired) electrons. The van der Waals surface area contributed by atoms with E-state index < -0.39 is 6.04 Å². The summed E-state index contributed by atoms with van der Waals surface area (Å²) in [4.78, 5) is 24.9. The number of fused-ring (bicyclic) bond motifs is 1. The highest BCUT2D eigenvalue weighted by atomic mass is 16.6. The van der Waals surface area contributed by atoms with Gasteiger partial charge in [-0.3, -0.25) is 10.1 Å². The molecule has 0 saturated heterocycles. The largest absolute Gasteiger partial charge is 0.462 e. The number of benzene rings is 2. The first-order valence-corrected chi connectivity index (χ1v) is 9.29. The van der Waals surface area contributed by atoms with E-state index in [9.17, 15) is 14.9 Å². The summed E-state index contributed by atoms with van der Waals surface area (Å²) in [5.74, 6) is -0.303. The summed E-state index contributed by atoms with van der Waals surface area (Å²) >= 11 is 0. The van der Waals surface area contributed by atoms with Crippen molar-refractivity contribution in [3.05, 3.63) is 69.3 Å². The average Bonchev–Trinajstić information content (AvgIpc) is 3.09. The van der Waals surface area contributed by atoms with E-state index in [2.05, 4.69) is 11.0 Å². The number of rotatable bonds is 7. The van der Waals surface area contributed by atoms with Gasteiger partial charge in [0.05, 0.1) is 12.2 Å². The summed E-state index contributed by atoms with van der Waals surface area (Å²) in [6, 6.07) is 12.9. The van der Waals surface area contributed by atoms with E-state index >= 15 is 0 Å². The summed E-state index contributed by atoms with van der Waals surface area (Å²) in [6.45, 7) is 4.83. The summed E-state index contributed by atoms with van der Waals surface area (Å²) < 4.78 is 5.22. The molecule has 1 unspecified atom stereocenters. The van der Waals surface area contributed by atoms with Gasteiger partial charge >= 0.3 is 5.97 Å². The first kappa shape index (κ1) is 18.9. The normalized spacial score (nSPS) is 13.9. The summed E-state index contributed by atoms with van der Waals surface area (Å²) in [7, 11) is 0. The Bertz CT molecular complexity index is 850. The summed E-state index contributed by atoms with van der Waals surface area (Å²) in [6.07, 6.45) is 2.10. The van der Waals surface area contributed by atoms with Crippen molar-refractivity contribution in [2.75, 3.05) is 18.1 Å². The molecule has 142 valence electrons. The number of nitrogens with zero attached hydrogens (tertiary/aromatic N) is 2. The number of nitro groups is 1. The van der Waals surface area contributed by atoms with Gasteiger partial charge in [-0.25, -0.2) is 4.79 Å². The SMILES string of the molecule is CCCOC(=O)c1cccc(N2CCc3cc(CC(C)[N+](=O)[O-])ccc32)c1. The molecule has 1 aliphatic rings. The lowest BCUT2D eigenvalue weighted by Gasteiger charge is -2.20. The molecule has 0 spiro atoms. The number of hydrogen-bond acceptors (Lipinski definition) is 5. The molecule has 0 saturated carbocycles. The third-order valence-electron chi connectivity index (χ3n) is 4.76. The summed E-state index contributed by atoms with van der Waals surface area (Å²) in [5, 5.41) is 10.9. The van der Waals surface area contributed by atoms with Crippen LogP contribution in [0.4, 0.5) is 11.4 Å². The highest BCUT2D eigenvalue weighted by Gasteiger charge is 2.23. The van der Waals surface area contributed by atoms with Gasteiger partial charge in [0.1, 0.15) is 0 Å². The second-order valence-corrected chi connectivity index (χ2v) is 6.89. The fourth-order valence-electron chi connectivity index (χ4n) is 3.34. The van der Waals surface area contributed by atoms with Crippen molar-refractivity contribution in [1.82, 2.24) is 0 Å². The molecule has 6 nitrogen and oxygen atoms in total. The molecule has 0 aliphatic carbocycles. The van der Waals surface area contributed by atoms with Gasteiger partial charge < -0.3 is 9.64 Å². The fourth-order valence-corrected chi connectivity index (χ4v) is 3.34. The predicted octanol–water partition coefficient (Wildman–Crippen LogP) is 4.16. The van der Waals surface area contributed by atoms with Crippen LogP contribution in [0.1, 0.15) is 41.8 Å². The Hall–Kier alpha value is -2.89. The first-order chi connectivity index (χ1) is 13.0. The molecule has 0 amide bonds. The zero-order valence-electron chi connectivity index (χ0n) is 15.7. The standard InChI is InChI=1S/C21H24N2O4/c1-3-11-27-21(24)18-5-4-6-19(14-18)22-10-9-17-13-16(7-8-20(17)22)12-15(2)23(25)26/h4-8,13-15H,3,9-12H2,1-2H3. The van der Waals surface area contributed by atoms with E-state index in [0.29, 0.717) is 18.6 Å². The van der Waals surface area contributed by atoms with Crippen LogP contribution in [-0.4, -0.2) is 30.1 Å². The van der Waals surface area contributed by atoms with Crippen LogP contribution in [0.3, 0.4) is 0 Å². The number of carbonyl (C=O) groups excluding carboxylic acids is 1. The Kier molecular flexibility index (Phi) is 5.74. The van der Waals surface area contributed by atoms with Gasteiger partial charge in [0, 0.05) is 36.2 Å². The van der Waals surface area contributed by atoms with Crippen molar-refractivity contribution < 1.29 is 14.5 Å². The Labute approximate surface area is 158 Å². The Morgan fingerprint density at radius 2 is 2.11 bits per heavy atom. The van der Waals surface area contributed by atoms with E-state index in [-0.39, 0.29) is 10.9 Å². The number of carbonyl (C=O) groups is 1. The molecule has 6 heteroatoms. The van der Waals surface area contributed by atoms with Crippen molar-refractivity contribution in [2.24, 2.45) is 0 Å². The fraction of sp³-hybridized carbons (Fsp3) is 0.381. The molecule has 0 fully saturated rings. The van der Waals surface area contributed by atoms with Gasteiger partial charge in [-0.05, 0) is 48.2 Å². The Morgan fingerprint density at radius 3 is 2.85 bits per heavy atom. The van der Waals surface area contributed by atoms with Crippen molar-refractivity contribution in [2.45, 2.75) is 39.2 Å². The molecule has 1 aliphatic heterocycles. The van der Waals surface area contributed by atoms with Gasteiger partial charge in [0.25, 0.3) is 0 Å². The van der Waals surface area contributed by atoms with Crippen molar-refractivity contribution in [3.8, 4) is 0 Å². The molecule has 0 aromatic heterocycles. The van der Waals surface area contributed by atoms with E-state index in [1.807, 2.05) is 37.3 Å². The molecule has 1 heterocycles. The lowest BCUT2D eigenvalue weighted by Crippen LogP contribution is -2.17. The number of esters is 1. The molecule has 2 aromatic rings. The lowest BCUT2D eigenvalue weighted by atomic mass is 10.0. The second-order valence-electron chi connectivity index (χ2n) is 6.89. The number of ether oxygens (including phenoxy) is 1. The van der Waals surface area contributed by atoms with E-state index in [4.69, 9.17) is 4.74 Å². The number of hydrogen-bond donors (Lipinski definition) is 0. The average molecular weight is 368 g/mol. The van der Waals surface area contributed by atoms with Gasteiger partial charge in [0.15, 0.2) is 0 Å². The van der Waals surface area contributed by atoms with Crippen LogP contribution in [0.2, 0.25) is 0 Å². The maximum absolute atomic E-state index is 12.1. The van der Waals surface area contributed by atoms with Crippen LogP contribution in [0.25, 0.3) is 0 Å². The topological polar surface area (TPSA) is 72.7 Å². The maximum Gasteiger partial charge on any atom is 0.338 e. The predicted molar refractivity (Wildman–Crippen MR) is 104 cm³/mol. The third kappa shape index (κ3) is 4.27. The smallest absolute Gasteiger partial charge is 0.338 e.